The van der Waals surface area contributed by atoms with E-state index in [2.05, 4.69) is 10.4 Å². The van der Waals surface area contributed by atoms with Gasteiger partial charge in [-0.1, -0.05) is 32.0 Å². The van der Waals surface area contributed by atoms with Crippen molar-refractivity contribution in [2.24, 2.45) is 5.92 Å². The van der Waals surface area contributed by atoms with Crippen LogP contribution in [0.5, 0.6) is 0 Å². The first-order chi connectivity index (χ1) is 14.4. The third-order valence-electron chi connectivity index (χ3n) is 4.73. The molecule has 3 aromatic rings. The van der Waals surface area contributed by atoms with Gasteiger partial charge in [0.2, 0.25) is 5.91 Å². The van der Waals surface area contributed by atoms with Crippen LogP contribution in [0.3, 0.4) is 0 Å². The van der Waals surface area contributed by atoms with Crippen LogP contribution in [0, 0.1) is 11.7 Å². The second-order valence-corrected chi connectivity index (χ2v) is 6.91. The maximum absolute atomic E-state index is 13.8. The highest BCUT2D eigenvalue weighted by Crippen LogP contribution is 2.27. The molecule has 0 saturated carbocycles. The number of hydrogen-bond donors (Lipinski definition) is 1. The number of amides is 1. The number of anilines is 1. The number of esters is 1. The standard InChI is InChI=1S/C23H24FN3O3/c1-4-15(3)22(28)25-18-10-6-8-16(12-18)21-14-20(23(29)30-5-2)26-27(21)19-11-7-9-17(24)13-19/h6-15H,4-5H2,1-3H3,(H,25,28). The Bertz CT molecular complexity index is 1060. The van der Waals surface area contributed by atoms with E-state index < -0.39 is 11.8 Å². The van der Waals surface area contributed by atoms with Gasteiger partial charge in [0.05, 0.1) is 18.0 Å². The fourth-order valence-corrected chi connectivity index (χ4v) is 2.90. The van der Waals surface area contributed by atoms with Crippen LogP contribution in [0.15, 0.2) is 54.6 Å². The van der Waals surface area contributed by atoms with Crippen molar-refractivity contribution in [1.29, 1.82) is 0 Å². The van der Waals surface area contributed by atoms with E-state index in [1.54, 1.807) is 43.3 Å². The highest BCUT2D eigenvalue weighted by molar-refractivity contribution is 5.93. The van der Waals surface area contributed by atoms with Crippen molar-refractivity contribution in [3.63, 3.8) is 0 Å². The van der Waals surface area contributed by atoms with Crippen molar-refractivity contribution < 1.29 is 18.7 Å². The number of aromatic nitrogens is 2. The van der Waals surface area contributed by atoms with Crippen molar-refractivity contribution in [2.75, 3.05) is 11.9 Å². The van der Waals surface area contributed by atoms with Crippen LogP contribution in [0.2, 0.25) is 0 Å². The molecule has 3 rings (SSSR count). The molecule has 1 N–H and O–H groups in total. The van der Waals surface area contributed by atoms with Gasteiger partial charge < -0.3 is 10.1 Å². The van der Waals surface area contributed by atoms with E-state index in [9.17, 15) is 14.0 Å². The zero-order valence-electron chi connectivity index (χ0n) is 17.2. The molecule has 0 saturated heterocycles. The third-order valence-corrected chi connectivity index (χ3v) is 4.73. The van der Waals surface area contributed by atoms with Gasteiger partial charge >= 0.3 is 5.97 Å². The summed E-state index contributed by atoms with van der Waals surface area (Å²) in [6.45, 7) is 5.75. The Hall–Kier alpha value is -3.48. The van der Waals surface area contributed by atoms with Crippen molar-refractivity contribution in [3.8, 4) is 16.9 Å². The number of ether oxygens (including phenoxy) is 1. The summed E-state index contributed by atoms with van der Waals surface area (Å²) in [5.74, 6) is -1.15. The minimum absolute atomic E-state index is 0.0690. The van der Waals surface area contributed by atoms with Crippen molar-refractivity contribution in [2.45, 2.75) is 27.2 Å². The molecule has 1 aromatic heterocycles. The van der Waals surface area contributed by atoms with Gasteiger partial charge in [0.15, 0.2) is 5.69 Å². The highest BCUT2D eigenvalue weighted by atomic mass is 19.1. The summed E-state index contributed by atoms with van der Waals surface area (Å²) in [6.07, 6.45) is 0.737. The quantitative estimate of drug-likeness (QED) is 0.567. The molecule has 2 aromatic carbocycles. The lowest BCUT2D eigenvalue weighted by atomic mass is 10.1. The summed E-state index contributed by atoms with van der Waals surface area (Å²) in [5, 5.41) is 7.24. The SMILES string of the molecule is CCOC(=O)c1cc(-c2cccc(NC(=O)C(C)CC)c2)n(-c2cccc(F)c2)n1. The maximum atomic E-state index is 13.8. The number of carbonyl (C=O) groups excluding carboxylic acids is 2. The summed E-state index contributed by atoms with van der Waals surface area (Å²) in [4.78, 5) is 24.5. The molecule has 156 valence electrons. The molecule has 1 atom stereocenters. The van der Waals surface area contributed by atoms with E-state index in [1.165, 1.54) is 16.8 Å². The molecule has 6 nitrogen and oxygen atoms in total. The Labute approximate surface area is 174 Å². The number of nitrogens with zero attached hydrogens (tertiary/aromatic N) is 2. The van der Waals surface area contributed by atoms with Gasteiger partial charge in [-0.15, -0.1) is 0 Å². The Morgan fingerprint density at radius 2 is 1.90 bits per heavy atom. The van der Waals surface area contributed by atoms with Crippen molar-refractivity contribution in [1.82, 2.24) is 9.78 Å². The van der Waals surface area contributed by atoms with E-state index in [4.69, 9.17) is 4.74 Å². The first kappa shape index (κ1) is 21.2. The summed E-state index contributed by atoms with van der Waals surface area (Å²) >= 11 is 0. The van der Waals surface area contributed by atoms with Crippen LogP contribution in [0.25, 0.3) is 16.9 Å². The van der Waals surface area contributed by atoms with Gasteiger partial charge in [0.1, 0.15) is 5.82 Å². The van der Waals surface area contributed by atoms with E-state index in [1.807, 2.05) is 19.9 Å². The first-order valence-electron chi connectivity index (χ1n) is 9.87. The number of nitrogens with one attached hydrogen (secondary N) is 1. The minimum atomic E-state index is -0.560. The largest absolute Gasteiger partial charge is 0.461 e. The molecule has 7 heteroatoms. The van der Waals surface area contributed by atoms with E-state index in [-0.39, 0.29) is 24.1 Å². The Balaban J connectivity index is 2.05. The second kappa shape index (κ2) is 9.35. The second-order valence-electron chi connectivity index (χ2n) is 6.91. The molecule has 30 heavy (non-hydrogen) atoms. The molecular weight excluding hydrogens is 385 g/mol. The van der Waals surface area contributed by atoms with Gasteiger partial charge in [-0.3, -0.25) is 4.79 Å². The topological polar surface area (TPSA) is 73.2 Å². The van der Waals surface area contributed by atoms with Gasteiger partial charge in [0, 0.05) is 17.2 Å². The van der Waals surface area contributed by atoms with Crippen LogP contribution in [0.4, 0.5) is 10.1 Å². The van der Waals surface area contributed by atoms with Crippen molar-refractivity contribution in [3.05, 3.63) is 66.1 Å². The molecular formula is C23H24FN3O3. The number of benzene rings is 2. The van der Waals surface area contributed by atoms with Crippen LogP contribution in [0.1, 0.15) is 37.7 Å². The van der Waals surface area contributed by atoms with Crippen LogP contribution in [-0.4, -0.2) is 28.3 Å². The third kappa shape index (κ3) is 4.74. The Kier molecular flexibility index (Phi) is 6.61. The molecule has 0 radical (unpaired) electrons. The molecule has 0 aliphatic rings. The number of halogens is 1. The molecule has 0 bridgehead atoms. The fraction of sp³-hybridized carbons (Fsp3) is 0.261. The number of carbonyl (C=O) groups is 2. The normalized spacial score (nSPS) is 11.7. The number of rotatable bonds is 7. The molecule has 0 spiro atoms. The Morgan fingerprint density at radius 1 is 1.13 bits per heavy atom. The molecule has 1 heterocycles. The van der Waals surface area contributed by atoms with E-state index in [0.29, 0.717) is 22.6 Å². The van der Waals surface area contributed by atoms with Gasteiger partial charge in [-0.2, -0.15) is 5.10 Å². The van der Waals surface area contributed by atoms with Crippen LogP contribution in [-0.2, 0) is 9.53 Å². The Morgan fingerprint density at radius 3 is 2.60 bits per heavy atom. The average molecular weight is 409 g/mol. The van der Waals surface area contributed by atoms with Gasteiger partial charge in [-0.25, -0.2) is 13.9 Å². The average Bonchev–Trinajstić information content (AvgIpc) is 3.19. The summed E-state index contributed by atoms with van der Waals surface area (Å²) in [5.41, 5.74) is 2.50. The highest BCUT2D eigenvalue weighted by Gasteiger charge is 2.19. The molecule has 0 aliphatic heterocycles. The number of hydrogen-bond acceptors (Lipinski definition) is 4. The van der Waals surface area contributed by atoms with E-state index >= 15 is 0 Å². The summed E-state index contributed by atoms with van der Waals surface area (Å²) in [6, 6.07) is 14.8. The van der Waals surface area contributed by atoms with Crippen LogP contribution < -0.4 is 5.32 Å². The summed E-state index contributed by atoms with van der Waals surface area (Å²) < 4.78 is 20.4. The molecule has 1 amide bonds. The lowest BCUT2D eigenvalue weighted by Crippen LogP contribution is -2.19. The summed E-state index contributed by atoms with van der Waals surface area (Å²) in [7, 11) is 0. The first-order valence-corrected chi connectivity index (χ1v) is 9.87. The van der Waals surface area contributed by atoms with E-state index in [0.717, 1.165) is 6.42 Å². The zero-order chi connectivity index (χ0) is 21.7. The zero-order valence-corrected chi connectivity index (χ0v) is 17.2. The van der Waals surface area contributed by atoms with Crippen molar-refractivity contribution >= 4 is 17.6 Å². The molecule has 0 aliphatic carbocycles. The predicted octanol–water partition coefficient (Wildman–Crippen LogP) is 4.84. The van der Waals surface area contributed by atoms with Gasteiger partial charge in [0.25, 0.3) is 0 Å². The van der Waals surface area contributed by atoms with Gasteiger partial charge in [-0.05, 0) is 49.7 Å². The van der Waals surface area contributed by atoms with Crippen LogP contribution >= 0.6 is 0 Å². The lowest BCUT2D eigenvalue weighted by molar-refractivity contribution is -0.119. The monoisotopic (exact) mass is 409 g/mol. The molecule has 0 fully saturated rings. The smallest absolute Gasteiger partial charge is 0.358 e. The maximum Gasteiger partial charge on any atom is 0.358 e. The fourth-order valence-electron chi connectivity index (χ4n) is 2.90. The molecule has 1 unspecified atom stereocenters. The minimum Gasteiger partial charge on any atom is -0.461 e. The predicted molar refractivity (Wildman–Crippen MR) is 113 cm³/mol. The lowest BCUT2D eigenvalue weighted by Gasteiger charge is -2.12.